The Bertz CT molecular complexity index is 709. The minimum absolute atomic E-state index is 0.0148. The molecule has 0 amide bonds. The quantitative estimate of drug-likeness (QED) is 0.486. The minimum atomic E-state index is -0.489. The number of aliphatic hydroxyl groups excluding tert-OH is 1. The summed E-state index contributed by atoms with van der Waals surface area (Å²) < 4.78 is 8.38. The molecule has 0 saturated heterocycles. The Morgan fingerprint density at radius 2 is 2.00 bits per heavy atom. The molecule has 1 heterocycles. The first-order valence-corrected chi connectivity index (χ1v) is 8.10. The summed E-state index contributed by atoms with van der Waals surface area (Å²) in [5, 5.41) is 8.75. The Morgan fingerprint density at radius 1 is 1.29 bits per heavy atom. The molecule has 2 N–H and O–H groups in total. The number of nitrogens with zero attached hydrogens (tertiary/aromatic N) is 1. The summed E-state index contributed by atoms with van der Waals surface area (Å²) in [6, 6.07) is 9.68. The number of nitrogens with one attached hydrogen (secondary N) is 1. The van der Waals surface area contributed by atoms with E-state index in [9.17, 15) is 9.59 Å². The van der Waals surface area contributed by atoms with Gasteiger partial charge in [0.2, 0.25) is 0 Å². The van der Waals surface area contributed by atoms with Crippen LogP contribution in [0.4, 0.5) is 0 Å². The van der Waals surface area contributed by atoms with E-state index in [1.807, 2.05) is 30.3 Å². The van der Waals surface area contributed by atoms with E-state index in [-0.39, 0.29) is 40.5 Å². The Labute approximate surface area is 127 Å². The van der Waals surface area contributed by atoms with Gasteiger partial charge in [-0.05, 0) is 0 Å². The zero-order valence-electron chi connectivity index (χ0n) is 11.5. The summed E-state index contributed by atoms with van der Waals surface area (Å²) in [7, 11) is 0. The third kappa shape index (κ3) is 3.92. The van der Waals surface area contributed by atoms with Crippen molar-refractivity contribution in [2.45, 2.75) is 13.7 Å². The van der Waals surface area contributed by atoms with Crippen molar-refractivity contribution in [3.63, 3.8) is 0 Å². The summed E-state index contributed by atoms with van der Waals surface area (Å²) in [6.07, 6.45) is 0. The van der Waals surface area contributed by atoms with Crippen LogP contribution >= 0.6 is 0 Å². The fraction of sp³-hybridized carbons (Fsp3) is 0.286. The van der Waals surface area contributed by atoms with Gasteiger partial charge >= 0.3 is 127 Å². The number of aliphatic hydroxyl groups is 1. The molecule has 0 bridgehead atoms. The molecule has 112 valence electrons. The molecule has 0 radical (unpaired) electrons. The zero-order valence-corrected chi connectivity index (χ0v) is 13.2. The average molecular weight is 355 g/mol. The van der Waals surface area contributed by atoms with E-state index >= 15 is 0 Å². The van der Waals surface area contributed by atoms with Crippen LogP contribution in [0.15, 0.2) is 39.9 Å². The topological polar surface area (TPSA) is 84.3 Å². The summed E-state index contributed by atoms with van der Waals surface area (Å²) in [5.41, 5.74) is -0.339. The molecule has 0 aliphatic rings. The molecular weight excluding hydrogens is 339 g/mol. The van der Waals surface area contributed by atoms with Crippen LogP contribution in [-0.2, 0) is 11.5 Å². The molecular formula is C14H16N2O4Se. The molecule has 6 nitrogen and oxygen atoms in total. The van der Waals surface area contributed by atoms with Crippen molar-refractivity contribution in [1.29, 1.82) is 0 Å². The van der Waals surface area contributed by atoms with Gasteiger partial charge in [-0.15, -0.1) is 0 Å². The molecule has 0 fully saturated rings. The first-order valence-electron chi connectivity index (χ1n) is 6.38. The second-order valence-electron chi connectivity index (χ2n) is 4.29. The third-order valence-corrected chi connectivity index (χ3v) is 5.36. The molecule has 7 heteroatoms. The van der Waals surface area contributed by atoms with Gasteiger partial charge in [0.05, 0.1) is 0 Å². The molecule has 2 rings (SSSR count). The van der Waals surface area contributed by atoms with Crippen LogP contribution in [0.5, 0.6) is 0 Å². The number of rotatable bonds is 6. The SMILES string of the molecule is Cc1c([Se]c2ccccc2)n(COCCO)c(=O)[nH]c1=O. The van der Waals surface area contributed by atoms with Gasteiger partial charge in [0.25, 0.3) is 0 Å². The van der Waals surface area contributed by atoms with Gasteiger partial charge in [-0.2, -0.15) is 0 Å². The number of hydrogen-bond acceptors (Lipinski definition) is 4. The van der Waals surface area contributed by atoms with Gasteiger partial charge in [0, 0.05) is 0 Å². The van der Waals surface area contributed by atoms with Crippen molar-refractivity contribution in [1.82, 2.24) is 9.55 Å². The van der Waals surface area contributed by atoms with Crippen LogP contribution in [0, 0.1) is 6.92 Å². The molecule has 21 heavy (non-hydrogen) atoms. The number of hydrogen-bond donors (Lipinski definition) is 2. The number of benzene rings is 1. The molecule has 0 spiro atoms. The molecule has 0 unspecified atom stereocenters. The van der Waals surface area contributed by atoms with Crippen molar-refractivity contribution in [2.75, 3.05) is 13.2 Å². The Kier molecular flexibility index (Phi) is 5.52. The van der Waals surface area contributed by atoms with E-state index in [0.717, 1.165) is 4.46 Å². The van der Waals surface area contributed by atoms with Crippen LogP contribution in [-0.4, -0.2) is 42.8 Å². The number of aromatic nitrogens is 2. The molecule has 0 aliphatic heterocycles. The van der Waals surface area contributed by atoms with Crippen molar-refractivity contribution in [3.05, 3.63) is 56.7 Å². The summed E-state index contributed by atoms with van der Waals surface area (Å²) in [5.74, 6) is 0. The van der Waals surface area contributed by atoms with Gasteiger partial charge in [-0.3, -0.25) is 0 Å². The Morgan fingerprint density at radius 3 is 2.67 bits per heavy atom. The van der Waals surface area contributed by atoms with Gasteiger partial charge in [0.1, 0.15) is 0 Å². The molecule has 1 aromatic carbocycles. The first kappa shape index (κ1) is 15.7. The van der Waals surface area contributed by atoms with E-state index < -0.39 is 5.69 Å². The first-order chi connectivity index (χ1) is 10.1. The molecule has 0 saturated carbocycles. The van der Waals surface area contributed by atoms with Crippen LogP contribution < -0.4 is 20.3 Å². The normalized spacial score (nSPS) is 10.8. The van der Waals surface area contributed by atoms with Crippen LogP contribution in [0.25, 0.3) is 0 Å². The average Bonchev–Trinajstić information content (AvgIpc) is 2.49. The Balaban J connectivity index is 2.41. The van der Waals surface area contributed by atoms with Crippen molar-refractivity contribution < 1.29 is 9.84 Å². The monoisotopic (exact) mass is 356 g/mol. The zero-order chi connectivity index (χ0) is 15.2. The molecule has 0 atom stereocenters. The van der Waals surface area contributed by atoms with Crippen LogP contribution in [0.3, 0.4) is 0 Å². The predicted octanol–water partition coefficient (Wildman–Crippen LogP) is -1.53. The second-order valence-corrected chi connectivity index (χ2v) is 6.52. The van der Waals surface area contributed by atoms with Crippen molar-refractivity contribution >= 4 is 24.0 Å². The summed E-state index contributed by atoms with van der Waals surface area (Å²) >= 11 is -0.179. The van der Waals surface area contributed by atoms with E-state index in [1.54, 1.807) is 6.92 Å². The van der Waals surface area contributed by atoms with Gasteiger partial charge in [-0.25, -0.2) is 0 Å². The van der Waals surface area contributed by atoms with Gasteiger partial charge in [0.15, 0.2) is 0 Å². The molecule has 1 aromatic heterocycles. The maximum absolute atomic E-state index is 12.0. The standard InChI is InChI=1S/C14H16N2O4Se/c1-10-12(18)15-14(19)16(9-20-8-7-17)13(10)21-11-5-3-2-4-6-11/h2-6,17H,7-9H2,1H3,(H,15,18,19). The third-order valence-electron chi connectivity index (χ3n) is 2.79. The van der Waals surface area contributed by atoms with Gasteiger partial charge in [-0.1, -0.05) is 0 Å². The maximum atomic E-state index is 12.0. The van der Waals surface area contributed by atoms with E-state index in [0.29, 0.717) is 10.2 Å². The van der Waals surface area contributed by atoms with E-state index in [4.69, 9.17) is 9.84 Å². The number of aromatic amines is 1. The van der Waals surface area contributed by atoms with Crippen LogP contribution in [0.2, 0.25) is 0 Å². The van der Waals surface area contributed by atoms with Crippen molar-refractivity contribution in [2.24, 2.45) is 0 Å². The number of H-pyrrole nitrogens is 1. The van der Waals surface area contributed by atoms with E-state index in [2.05, 4.69) is 4.98 Å². The predicted molar refractivity (Wildman–Crippen MR) is 80.6 cm³/mol. The Hall–Kier alpha value is -1.66. The summed E-state index contributed by atoms with van der Waals surface area (Å²) in [6.45, 7) is 1.74. The van der Waals surface area contributed by atoms with Crippen LogP contribution in [0.1, 0.15) is 5.56 Å². The molecule has 2 aromatic rings. The fourth-order valence-electron chi connectivity index (χ4n) is 1.72. The van der Waals surface area contributed by atoms with Gasteiger partial charge < -0.3 is 0 Å². The van der Waals surface area contributed by atoms with Crippen molar-refractivity contribution in [3.8, 4) is 0 Å². The second kappa shape index (κ2) is 7.38. The van der Waals surface area contributed by atoms with E-state index in [1.165, 1.54) is 4.57 Å². The molecule has 0 aliphatic carbocycles. The fourth-order valence-corrected chi connectivity index (χ4v) is 3.83. The number of ether oxygens (including phenoxy) is 1. The summed E-state index contributed by atoms with van der Waals surface area (Å²) in [4.78, 5) is 26.0.